The molecule has 1 N–H and O–H groups in total. The van der Waals surface area contributed by atoms with Gasteiger partial charge >= 0.3 is 17.9 Å². The van der Waals surface area contributed by atoms with Crippen molar-refractivity contribution in [3.05, 3.63) is 69.2 Å². The van der Waals surface area contributed by atoms with Crippen LogP contribution in [0.15, 0.2) is 54.6 Å². The number of Topliss-reactive ketones (excluding diaryl/α,β-unsaturated/α-hetero) is 3. The summed E-state index contributed by atoms with van der Waals surface area (Å²) in [5.74, 6) is -0.764. The first-order valence-corrected chi connectivity index (χ1v) is 22.6. The molecule has 18 heteroatoms. The maximum Gasteiger partial charge on any atom is 0.308 e. The second-order valence-electron chi connectivity index (χ2n) is 14.8. The van der Waals surface area contributed by atoms with Gasteiger partial charge in [0, 0.05) is 51.6 Å². The van der Waals surface area contributed by atoms with Crippen LogP contribution in [-0.4, -0.2) is 96.2 Å². The summed E-state index contributed by atoms with van der Waals surface area (Å²) in [7, 11) is 8.46. The summed E-state index contributed by atoms with van der Waals surface area (Å²) in [6.45, 7) is 5.36. The first-order valence-electron chi connectivity index (χ1n) is 20.2. The Balaban J connectivity index is 0.000000315. The highest BCUT2D eigenvalue weighted by molar-refractivity contribution is 7.21. The van der Waals surface area contributed by atoms with E-state index in [1.165, 1.54) is 76.7 Å². The van der Waals surface area contributed by atoms with Gasteiger partial charge in [-0.15, -0.1) is 34.0 Å². The Hall–Kier alpha value is -6.24. The number of ketones is 3. The van der Waals surface area contributed by atoms with E-state index in [1.54, 1.807) is 51.1 Å². The van der Waals surface area contributed by atoms with Gasteiger partial charge in [0.15, 0.2) is 51.8 Å². The van der Waals surface area contributed by atoms with Crippen molar-refractivity contribution in [3.63, 3.8) is 0 Å². The minimum absolute atomic E-state index is 0.0322. The Labute approximate surface area is 387 Å². The fourth-order valence-electron chi connectivity index (χ4n) is 6.56. The van der Waals surface area contributed by atoms with Crippen LogP contribution in [0.2, 0.25) is 0 Å². The van der Waals surface area contributed by atoms with E-state index in [-0.39, 0.29) is 55.6 Å². The number of hydrogen-bond acceptors (Lipinski definition) is 18. The van der Waals surface area contributed by atoms with Crippen LogP contribution < -0.4 is 23.7 Å². The van der Waals surface area contributed by atoms with Crippen LogP contribution in [0, 0.1) is 17.8 Å². The Kier molecular flexibility index (Phi) is 17.3. The van der Waals surface area contributed by atoms with E-state index in [4.69, 9.17) is 33.2 Å². The predicted octanol–water partition coefficient (Wildman–Crippen LogP) is 9.35. The van der Waals surface area contributed by atoms with Crippen molar-refractivity contribution in [2.45, 2.75) is 40.0 Å². The highest BCUT2D eigenvalue weighted by Gasteiger charge is 2.24. The number of rotatable bonds is 20. The molecule has 0 fully saturated rings. The first-order chi connectivity index (χ1) is 31.0. The molecule has 0 aliphatic rings. The van der Waals surface area contributed by atoms with Gasteiger partial charge in [0.25, 0.3) is 0 Å². The summed E-state index contributed by atoms with van der Waals surface area (Å²) < 4.78 is 44.7. The molecule has 0 spiro atoms. The van der Waals surface area contributed by atoms with Crippen molar-refractivity contribution in [2.75, 3.05) is 55.9 Å². The van der Waals surface area contributed by atoms with E-state index in [2.05, 4.69) is 4.74 Å². The zero-order valence-electron chi connectivity index (χ0n) is 37.4. The number of ether oxygens (including phenoxy) is 8. The third-order valence-corrected chi connectivity index (χ3v) is 13.5. The van der Waals surface area contributed by atoms with Gasteiger partial charge in [-0.1, -0.05) is 20.8 Å². The fourth-order valence-corrected chi connectivity index (χ4v) is 9.63. The van der Waals surface area contributed by atoms with Gasteiger partial charge in [-0.25, -0.2) is 0 Å². The molecule has 0 saturated carbocycles. The lowest BCUT2D eigenvalue weighted by molar-refractivity contribution is -0.145. The van der Waals surface area contributed by atoms with E-state index in [9.17, 15) is 33.9 Å². The number of esters is 3. The van der Waals surface area contributed by atoms with Crippen molar-refractivity contribution < 1.29 is 71.8 Å². The molecule has 3 heterocycles. The van der Waals surface area contributed by atoms with Gasteiger partial charge in [-0.2, -0.15) is 0 Å². The van der Waals surface area contributed by atoms with Crippen LogP contribution in [0.1, 0.15) is 69.0 Å². The van der Waals surface area contributed by atoms with E-state index < -0.39 is 35.7 Å². The Morgan fingerprint density at radius 3 is 1.06 bits per heavy atom. The topological polar surface area (TPSA) is 196 Å². The number of benzene rings is 3. The average Bonchev–Trinajstić information content (AvgIpc) is 4.05. The molecular formula is C47H50O15S3. The molecule has 15 nitrogen and oxygen atoms in total. The lowest BCUT2D eigenvalue weighted by atomic mass is 10.0. The summed E-state index contributed by atoms with van der Waals surface area (Å²) in [5.41, 5.74) is 0. The number of thiophene rings is 3. The van der Waals surface area contributed by atoms with Gasteiger partial charge < -0.3 is 43.0 Å². The summed E-state index contributed by atoms with van der Waals surface area (Å²) in [4.78, 5) is 74.1. The normalized spacial score (nSPS) is 12.3. The van der Waals surface area contributed by atoms with Gasteiger partial charge in [0.1, 0.15) is 13.2 Å². The molecule has 0 unspecified atom stereocenters. The van der Waals surface area contributed by atoms with Crippen LogP contribution in [0.4, 0.5) is 0 Å². The molecule has 346 valence electrons. The summed E-state index contributed by atoms with van der Waals surface area (Å²) in [5, 5.41) is 12.1. The smallest absolute Gasteiger partial charge is 0.308 e. The lowest BCUT2D eigenvalue weighted by Crippen LogP contribution is -2.16. The number of aromatic hydroxyl groups is 1. The average molecular weight is 951 g/mol. The van der Waals surface area contributed by atoms with Crippen molar-refractivity contribution in [1.29, 1.82) is 0 Å². The SMILES string of the molecule is COC(=O)[C@@H](C)CC(=O)c1cc2cc(O)c(OC)cc2s1.COC(=O)[C@@H](C)CC(=O)c1cc2cc(OCCOc3cc4cc(C(=O)C[C@H](C)C(=O)OC)sc4cc3OC)c(OC)cc2s1. The quantitative estimate of drug-likeness (QED) is 0.0329. The van der Waals surface area contributed by atoms with Gasteiger partial charge in [-0.05, 0) is 52.6 Å². The number of carbonyl (C=O) groups excluding carboxylic acids is 6. The summed E-state index contributed by atoms with van der Waals surface area (Å²) in [6.07, 6.45) is 0.219. The third-order valence-electron chi connectivity index (χ3n) is 10.1. The monoisotopic (exact) mass is 950 g/mol. The van der Waals surface area contributed by atoms with Crippen molar-refractivity contribution in [1.82, 2.24) is 0 Å². The molecule has 6 aromatic rings. The van der Waals surface area contributed by atoms with Crippen LogP contribution in [0.25, 0.3) is 30.3 Å². The molecule has 0 radical (unpaired) electrons. The molecule has 0 aliphatic carbocycles. The number of phenolic OH excluding ortho intramolecular Hbond substituents is 1. The van der Waals surface area contributed by atoms with E-state index >= 15 is 0 Å². The fraction of sp³-hybridized carbons (Fsp3) is 0.362. The van der Waals surface area contributed by atoms with Crippen LogP contribution in [0.5, 0.6) is 34.5 Å². The van der Waals surface area contributed by atoms with Gasteiger partial charge in [-0.3, -0.25) is 28.8 Å². The molecule has 0 bridgehead atoms. The molecule has 6 rings (SSSR count). The van der Waals surface area contributed by atoms with Crippen molar-refractivity contribution in [2.24, 2.45) is 17.8 Å². The largest absolute Gasteiger partial charge is 0.504 e. The Bertz CT molecular complexity index is 2590. The highest BCUT2D eigenvalue weighted by atomic mass is 32.1. The lowest BCUT2D eigenvalue weighted by Gasteiger charge is -2.13. The summed E-state index contributed by atoms with van der Waals surface area (Å²) >= 11 is 3.97. The molecule has 3 aromatic carbocycles. The van der Waals surface area contributed by atoms with Crippen LogP contribution in [-0.2, 0) is 28.6 Å². The highest BCUT2D eigenvalue weighted by Crippen LogP contribution is 2.40. The van der Waals surface area contributed by atoms with E-state index in [0.29, 0.717) is 43.4 Å². The number of carbonyl (C=O) groups is 6. The zero-order chi connectivity index (χ0) is 47.5. The predicted molar refractivity (Wildman–Crippen MR) is 248 cm³/mol. The maximum absolute atomic E-state index is 12.8. The minimum atomic E-state index is -0.531. The number of phenols is 1. The molecule has 0 amide bonds. The second kappa shape index (κ2) is 22.6. The molecule has 3 aromatic heterocycles. The van der Waals surface area contributed by atoms with Crippen LogP contribution in [0.3, 0.4) is 0 Å². The van der Waals surface area contributed by atoms with Crippen LogP contribution >= 0.6 is 34.0 Å². The van der Waals surface area contributed by atoms with E-state index in [1.807, 2.05) is 24.3 Å². The Morgan fingerprint density at radius 2 is 0.754 bits per heavy atom. The second-order valence-corrected chi connectivity index (χ2v) is 18.1. The first kappa shape index (κ1) is 49.8. The zero-order valence-corrected chi connectivity index (χ0v) is 39.8. The van der Waals surface area contributed by atoms with Gasteiger partial charge in [0.05, 0.1) is 75.0 Å². The molecular weight excluding hydrogens is 901 g/mol. The summed E-state index contributed by atoms with van der Waals surface area (Å²) in [6, 6.07) is 15.8. The number of methoxy groups -OCH3 is 6. The number of hydrogen-bond donors (Lipinski definition) is 1. The minimum Gasteiger partial charge on any atom is -0.504 e. The molecule has 0 aliphatic heterocycles. The molecule has 0 saturated heterocycles. The van der Waals surface area contributed by atoms with Crippen molar-refractivity contribution in [3.8, 4) is 34.5 Å². The maximum atomic E-state index is 12.8. The molecule has 65 heavy (non-hydrogen) atoms. The van der Waals surface area contributed by atoms with Gasteiger partial charge in [0.2, 0.25) is 0 Å². The number of fused-ring (bicyclic) bond motifs is 3. The third kappa shape index (κ3) is 12.3. The van der Waals surface area contributed by atoms with E-state index in [0.717, 1.165) is 30.3 Å². The standard InChI is InChI=1S/C32H34O10S2.C15H16O5S/c1-17(31(35)39-5)9-21(33)29-13-19-11-25(23(37-3)15-27(19)43-29)41-7-8-42-26-12-20-14-30(44-28(20)16-24(26)38-4)22(34)10-18(2)32(36)40-6;1-8(15(18)20-3)4-11(17)14-6-9-5-10(16)12(19-2)7-13(9)21-14/h11-18H,7-10H2,1-6H3;5-8,16H,4H2,1-3H3/t17-,18-;8-/m00/s1. The Morgan fingerprint density at radius 1 is 0.446 bits per heavy atom. The molecule has 3 atom stereocenters. The van der Waals surface area contributed by atoms with Crippen molar-refractivity contribution >= 4 is 99.5 Å².